The predicted octanol–water partition coefficient (Wildman–Crippen LogP) is 3.92. The number of aromatic amines is 1. The van der Waals surface area contributed by atoms with Gasteiger partial charge < -0.3 is 15.5 Å². The third kappa shape index (κ3) is 2.85. The number of nitrogens with two attached hydrogens (primary N) is 1. The van der Waals surface area contributed by atoms with Crippen molar-refractivity contribution in [3.8, 4) is 5.88 Å². The smallest absolute Gasteiger partial charge is 0.392 e. The molecule has 21 heavy (non-hydrogen) atoms. The Morgan fingerprint density at radius 1 is 1.19 bits per heavy atom. The van der Waals surface area contributed by atoms with Gasteiger partial charge in [-0.25, -0.2) is 9.18 Å². The first-order valence-electron chi connectivity index (χ1n) is 6.15. The number of ether oxygens (including phenoxy) is 1. The summed E-state index contributed by atoms with van der Waals surface area (Å²) in [6, 6.07) is 13.7. The molecule has 3 N–H and O–H groups in total. The molecule has 1 aromatic heterocycles. The van der Waals surface area contributed by atoms with Crippen LogP contribution in [0, 0.1) is 5.82 Å². The Hall–Kier alpha value is -2.47. The van der Waals surface area contributed by atoms with Crippen LogP contribution in [0.15, 0.2) is 58.3 Å². The summed E-state index contributed by atoms with van der Waals surface area (Å²) in [6.45, 7) is 0. The van der Waals surface area contributed by atoms with Crippen LogP contribution in [0.3, 0.4) is 0 Å². The van der Waals surface area contributed by atoms with E-state index in [-0.39, 0.29) is 11.7 Å². The summed E-state index contributed by atoms with van der Waals surface area (Å²) in [6.07, 6.45) is -0.900. The molecule has 0 bridgehead atoms. The number of hydrogen-bond acceptors (Lipinski definition) is 3. The quantitative estimate of drug-likeness (QED) is 0.770. The van der Waals surface area contributed by atoms with Crippen molar-refractivity contribution in [3.63, 3.8) is 0 Å². The molecule has 0 fully saturated rings. The molecule has 0 spiro atoms. The lowest BCUT2D eigenvalue weighted by Gasteiger charge is -2.04. The highest BCUT2D eigenvalue weighted by atomic mass is 32.2. The molecule has 0 atom stereocenters. The molecule has 0 aliphatic heterocycles. The molecule has 4 nitrogen and oxygen atoms in total. The summed E-state index contributed by atoms with van der Waals surface area (Å²) in [5.74, 6) is -0.0600. The third-order valence-corrected chi connectivity index (χ3v) is 3.94. The molecule has 1 heterocycles. The average molecular weight is 302 g/mol. The second-order valence-electron chi connectivity index (χ2n) is 4.31. The lowest BCUT2D eigenvalue weighted by atomic mass is 10.2. The molecule has 0 saturated heterocycles. The Balaban J connectivity index is 2.08. The fourth-order valence-electron chi connectivity index (χ4n) is 2.01. The van der Waals surface area contributed by atoms with Gasteiger partial charge in [-0.2, -0.15) is 0 Å². The van der Waals surface area contributed by atoms with Crippen LogP contribution < -0.4 is 10.5 Å². The predicted molar refractivity (Wildman–Crippen MR) is 79.0 cm³/mol. The maximum atomic E-state index is 13.3. The van der Waals surface area contributed by atoms with Gasteiger partial charge in [0.05, 0.1) is 4.90 Å². The minimum absolute atomic E-state index is 0.262. The molecule has 3 aromatic rings. The van der Waals surface area contributed by atoms with Crippen LogP contribution in [0.1, 0.15) is 0 Å². The van der Waals surface area contributed by atoms with E-state index in [4.69, 9.17) is 10.5 Å². The largest absolute Gasteiger partial charge is 0.411 e. The number of hydrogen-bond donors (Lipinski definition) is 2. The molecule has 106 valence electrons. The van der Waals surface area contributed by atoms with Gasteiger partial charge in [-0.1, -0.05) is 36.0 Å². The summed E-state index contributed by atoms with van der Waals surface area (Å²) >= 11 is 1.30. The van der Waals surface area contributed by atoms with Crippen molar-refractivity contribution in [2.75, 3.05) is 0 Å². The number of benzene rings is 2. The first-order valence-corrected chi connectivity index (χ1v) is 6.96. The highest BCUT2D eigenvalue weighted by molar-refractivity contribution is 7.99. The number of para-hydroxylation sites is 1. The molecule has 1 amide bonds. The Kier molecular flexibility index (Phi) is 3.53. The summed E-state index contributed by atoms with van der Waals surface area (Å²) in [5.41, 5.74) is 5.89. The monoisotopic (exact) mass is 302 g/mol. The highest BCUT2D eigenvalue weighted by Gasteiger charge is 2.16. The summed E-state index contributed by atoms with van der Waals surface area (Å²) < 4.78 is 18.3. The molecule has 6 heteroatoms. The van der Waals surface area contributed by atoms with Gasteiger partial charge in [-0.3, -0.25) is 0 Å². The molecule has 0 aliphatic carbocycles. The van der Waals surface area contributed by atoms with Gasteiger partial charge in [0, 0.05) is 15.8 Å². The fraction of sp³-hybridized carbons (Fsp3) is 0. The zero-order chi connectivity index (χ0) is 14.8. The van der Waals surface area contributed by atoms with E-state index in [1.807, 2.05) is 24.3 Å². The Morgan fingerprint density at radius 2 is 2.00 bits per heavy atom. The summed E-state index contributed by atoms with van der Waals surface area (Å²) in [7, 11) is 0. The minimum atomic E-state index is -0.900. The van der Waals surface area contributed by atoms with Crippen molar-refractivity contribution in [1.29, 1.82) is 0 Å². The van der Waals surface area contributed by atoms with Crippen LogP contribution in [0.2, 0.25) is 0 Å². The SMILES string of the molecule is NC(=O)Oc1[nH]c2ccccc2c1Sc1cccc(F)c1. The molecule has 2 aromatic carbocycles. The van der Waals surface area contributed by atoms with Crippen molar-refractivity contribution in [3.05, 3.63) is 54.3 Å². The summed E-state index contributed by atoms with van der Waals surface area (Å²) in [5, 5.41) is 0.878. The van der Waals surface area contributed by atoms with E-state index in [1.54, 1.807) is 12.1 Å². The van der Waals surface area contributed by atoms with Gasteiger partial charge >= 0.3 is 6.09 Å². The summed E-state index contributed by atoms with van der Waals surface area (Å²) in [4.78, 5) is 15.4. The van der Waals surface area contributed by atoms with E-state index in [2.05, 4.69) is 4.98 Å². The van der Waals surface area contributed by atoms with Gasteiger partial charge in [0.1, 0.15) is 5.82 Å². The Bertz CT molecular complexity index is 816. The number of H-pyrrole nitrogens is 1. The minimum Gasteiger partial charge on any atom is -0.392 e. The number of fused-ring (bicyclic) bond motifs is 1. The van der Waals surface area contributed by atoms with Crippen molar-refractivity contribution < 1.29 is 13.9 Å². The van der Waals surface area contributed by atoms with E-state index in [9.17, 15) is 9.18 Å². The van der Waals surface area contributed by atoms with Crippen LogP contribution >= 0.6 is 11.8 Å². The van der Waals surface area contributed by atoms with E-state index in [1.165, 1.54) is 23.9 Å². The number of carbonyl (C=O) groups is 1. The molecular weight excluding hydrogens is 291 g/mol. The van der Waals surface area contributed by atoms with Crippen molar-refractivity contribution >= 4 is 28.8 Å². The third-order valence-electron chi connectivity index (χ3n) is 2.84. The maximum absolute atomic E-state index is 13.3. The molecule has 0 unspecified atom stereocenters. The zero-order valence-electron chi connectivity index (χ0n) is 10.8. The van der Waals surface area contributed by atoms with Crippen LogP contribution in [-0.4, -0.2) is 11.1 Å². The van der Waals surface area contributed by atoms with Crippen LogP contribution in [0.25, 0.3) is 10.9 Å². The number of carbonyl (C=O) groups excluding carboxylic acids is 1. The average Bonchev–Trinajstić information content (AvgIpc) is 2.76. The van der Waals surface area contributed by atoms with Crippen LogP contribution in [0.5, 0.6) is 5.88 Å². The van der Waals surface area contributed by atoms with Gasteiger partial charge in [0.2, 0.25) is 5.88 Å². The second-order valence-corrected chi connectivity index (χ2v) is 5.39. The van der Waals surface area contributed by atoms with Crippen molar-refractivity contribution in [1.82, 2.24) is 4.98 Å². The van der Waals surface area contributed by atoms with Gasteiger partial charge in [0.25, 0.3) is 0 Å². The molecule has 3 rings (SSSR count). The van der Waals surface area contributed by atoms with Crippen LogP contribution in [0.4, 0.5) is 9.18 Å². The van der Waals surface area contributed by atoms with E-state index >= 15 is 0 Å². The number of halogens is 1. The van der Waals surface area contributed by atoms with Crippen molar-refractivity contribution in [2.24, 2.45) is 5.73 Å². The Labute approximate surface area is 124 Å². The van der Waals surface area contributed by atoms with Gasteiger partial charge in [-0.05, 0) is 24.3 Å². The topological polar surface area (TPSA) is 68.1 Å². The maximum Gasteiger partial charge on any atom is 0.411 e. The molecular formula is C15H11FN2O2S. The first-order chi connectivity index (χ1) is 10.1. The van der Waals surface area contributed by atoms with Crippen LogP contribution in [-0.2, 0) is 0 Å². The zero-order valence-corrected chi connectivity index (χ0v) is 11.6. The number of rotatable bonds is 3. The first kappa shape index (κ1) is 13.5. The number of nitrogens with one attached hydrogen (secondary N) is 1. The lowest BCUT2D eigenvalue weighted by Crippen LogP contribution is -2.16. The standard InChI is InChI=1S/C15H11FN2O2S/c16-9-4-3-5-10(8-9)21-13-11-6-1-2-7-12(11)18-14(13)20-15(17)19/h1-8,18H,(H2,17,19). The highest BCUT2D eigenvalue weighted by Crippen LogP contribution is 2.40. The van der Waals surface area contributed by atoms with E-state index < -0.39 is 6.09 Å². The van der Waals surface area contributed by atoms with Gasteiger partial charge in [0.15, 0.2) is 0 Å². The number of aromatic nitrogens is 1. The lowest BCUT2D eigenvalue weighted by molar-refractivity contribution is 0.208. The van der Waals surface area contributed by atoms with Gasteiger partial charge in [-0.15, -0.1) is 0 Å². The second kappa shape index (κ2) is 5.49. The fourth-order valence-corrected chi connectivity index (χ4v) is 3.04. The molecule has 0 saturated carbocycles. The van der Waals surface area contributed by atoms with E-state index in [0.717, 1.165) is 10.9 Å². The van der Waals surface area contributed by atoms with Crippen molar-refractivity contribution in [2.45, 2.75) is 9.79 Å². The number of primary amides is 1. The van der Waals surface area contributed by atoms with E-state index in [0.29, 0.717) is 9.79 Å². The Morgan fingerprint density at radius 3 is 2.76 bits per heavy atom. The normalized spacial score (nSPS) is 10.7. The number of amides is 1. The molecule has 0 aliphatic rings. The molecule has 0 radical (unpaired) electrons.